The lowest BCUT2D eigenvalue weighted by atomic mass is 10.1. The number of methoxy groups -OCH3 is 1. The van der Waals surface area contributed by atoms with Gasteiger partial charge in [-0.1, -0.05) is 51.2 Å². The van der Waals surface area contributed by atoms with Gasteiger partial charge in [0.25, 0.3) is 5.91 Å². The maximum Gasteiger partial charge on any atom is 0.411 e. The molecule has 16 nitrogen and oxygen atoms in total. The molecule has 1 saturated heterocycles. The first kappa shape index (κ1) is 49.8. The third kappa shape index (κ3) is 13.3. The molecule has 2 fully saturated rings. The van der Waals surface area contributed by atoms with Crippen LogP contribution in [0.5, 0.6) is 11.5 Å². The number of carbonyl (C=O) groups excluding carboxylic acids is 4. The van der Waals surface area contributed by atoms with Gasteiger partial charge in [0, 0.05) is 48.2 Å². The van der Waals surface area contributed by atoms with Crippen LogP contribution >= 0.6 is 23.3 Å². The third-order valence-electron chi connectivity index (χ3n) is 11.5. The average Bonchev–Trinajstić information content (AvgIpc) is 3.52. The largest absolute Gasteiger partial charge is 0.497 e. The highest BCUT2D eigenvalue weighted by Crippen LogP contribution is 2.47. The Kier molecular flexibility index (Phi) is 16.8. The molecule has 66 heavy (non-hydrogen) atoms. The molecule has 5 N–H and O–H groups in total. The molecule has 4 amide bonds. The van der Waals surface area contributed by atoms with Crippen molar-refractivity contribution in [2.24, 2.45) is 5.92 Å². The van der Waals surface area contributed by atoms with Gasteiger partial charge in [0.15, 0.2) is 5.13 Å². The molecular weight excluding hydrogens is 883 g/mol. The van der Waals surface area contributed by atoms with Crippen LogP contribution in [-0.2, 0) is 23.9 Å². The number of hydrogen-bond acceptors (Lipinski definition) is 13. The van der Waals surface area contributed by atoms with Crippen LogP contribution in [-0.4, -0.2) is 92.7 Å². The number of para-hydroxylation sites is 1. The van der Waals surface area contributed by atoms with Crippen molar-refractivity contribution in [1.82, 2.24) is 24.9 Å². The molecule has 356 valence electrons. The normalized spacial score (nSPS) is 19.0. The first-order valence-corrected chi connectivity index (χ1v) is 24.5. The fraction of sp³-hybridized carbons (Fsp3) is 0.521. The number of benzene rings is 2. The number of ether oxygens (including phenoxy) is 3. The van der Waals surface area contributed by atoms with Crippen LogP contribution < -0.4 is 30.1 Å². The Bertz CT molecular complexity index is 2370. The number of thiazole rings is 1. The van der Waals surface area contributed by atoms with E-state index in [9.17, 15) is 24.0 Å². The Morgan fingerprint density at radius 1 is 0.970 bits per heavy atom. The Labute approximate surface area is 394 Å². The lowest BCUT2D eigenvalue weighted by molar-refractivity contribution is -0.137. The van der Waals surface area contributed by atoms with E-state index >= 15 is 0 Å². The molecule has 4 atom stereocenters. The van der Waals surface area contributed by atoms with E-state index in [2.05, 4.69) is 20.7 Å². The van der Waals surface area contributed by atoms with E-state index < -0.39 is 41.3 Å². The molecule has 2 aliphatic rings. The molecule has 0 unspecified atom stereocenters. The van der Waals surface area contributed by atoms with Gasteiger partial charge in [-0.15, -0.1) is 11.3 Å². The highest BCUT2D eigenvalue weighted by Gasteiger charge is 2.61. The number of fused-ring (bicyclic) bond motifs is 1. The van der Waals surface area contributed by atoms with Crippen LogP contribution in [0.3, 0.4) is 0 Å². The number of hydrogen-bond donors (Lipinski definition) is 5. The standard InChI is InChI=1S/C48H63N7O9S2/c1-8-30-26-48(30,44(60)54-66-40-18-16-15-17-34(40)51-41(56)19-13-11-9-10-12-14-20-42(57)58)53-43(59)38-24-32(27-55(38)46(61)64-47(4,5)6)63-39-25-36(37-28-65-45(52-37)49-29(2)3)50-35-23-31(62-7)21-22-33(35)39/h15-18,21-23,25,28-30,32,38H,8-14,19-20,24,26-27H2,1-7H3,(H,49,52)(H,51,56)(H,53,59)(H,54,60)(H,57,58)/t30-,32-,38+,48-/m1/s1. The number of anilines is 2. The van der Waals surface area contributed by atoms with Gasteiger partial charge < -0.3 is 35.3 Å². The number of rotatable bonds is 22. The average molecular weight is 946 g/mol. The van der Waals surface area contributed by atoms with Gasteiger partial charge in [-0.3, -0.25) is 28.8 Å². The summed E-state index contributed by atoms with van der Waals surface area (Å²) in [5.74, 6) is -0.822. The summed E-state index contributed by atoms with van der Waals surface area (Å²) in [5, 5.41) is 21.6. The molecule has 2 aromatic heterocycles. The second-order valence-electron chi connectivity index (χ2n) is 18.2. The number of carboxylic acids is 1. The highest BCUT2D eigenvalue weighted by molar-refractivity contribution is 7.98. The summed E-state index contributed by atoms with van der Waals surface area (Å²) in [5.41, 5.74) is 0.365. The second-order valence-corrected chi connectivity index (χ2v) is 19.9. The highest BCUT2D eigenvalue weighted by atomic mass is 32.2. The zero-order chi connectivity index (χ0) is 47.6. The van der Waals surface area contributed by atoms with Crippen LogP contribution in [0.15, 0.2) is 58.8 Å². The smallest absolute Gasteiger partial charge is 0.411 e. The number of aliphatic carboxylic acids is 1. The summed E-state index contributed by atoms with van der Waals surface area (Å²) in [4.78, 5) is 77.7. The zero-order valence-electron chi connectivity index (χ0n) is 38.9. The Balaban J connectivity index is 1.14. The van der Waals surface area contributed by atoms with Crippen molar-refractivity contribution in [1.29, 1.82) is 0 Å². The number of unbranched alkanes of at least 4 members (excludes halogenated alkanes) is 5. The molecule has 4 aromatic rings. The first-order chi connectivity index (χ1) is 31.5. The third-order valence-corrected chi connectivity index (χ3v) is 13.1. The summed E-state index contributed by atoms with van der Waals surface area (Å²) in [6.07, 6.45) is 5.34. The van der Waals surface area contributed by atoms with Gasteiger partial charge in [0.05, 0.1) is 35.4 Å². The maximum absolute atomic E-state index is 14.5. The lowest BCUT2D eigenvalue weighted by Crippen LogP contribution is -2.55. The Morgan fingerprint density at radius 2 is 1.70 bits per heavy atom. The quantitative estimate of drug-likeness (QED) is 0.0368. The van der Waals surface area contributed by atoms with Crippen molar-refractivity contribution in [3.05, 3.63) is 53.9 Å². The van der Waals surface area contributed by atoms with Crippen LogP contribution in [0.2, 0.25) is 0 Å². The number of carbonyl (C=O) groups is 5. The Morgan fingerprint density at radius 3 is 2.38 bits per heavy atom. The van der Waals surface area contributed by atoms with Crippen molar-refractivity contribution in [3.63, 3.8) is 0 Å². The van der Waals surface area contributed by atoms with Crippen LogP contribution in [0.25, 0.3) is 22.3 Å². The molecule has 1 saturated carbocycles. The lowest BCUT2D eigenvalue weighted by Gasteiger charge is -2.29. The topological polar surface area (TPSA) is 210 Å². The summed E-state index contributed by atoms with van der Waals surface area (Å²) < 4.78 is 21.0. The van der Waals surface area contributed by atoms with Gasteiger partial charge in [0.1, 0.15) is 40.5 Å². The van der Waals surface area contributed by atoms with E-state index in [-0.39, 0.29) is 43.2 Å². The van der Waals surface area contributed by atoms with Crippen LogP contribution in [0.1, 0.15) is 112 Å². The number of nitrogens with one attached hydrogen (secondary N) is 4. The minimum absolute atomic E-state index is 0.0464. The fourth-order valence-electron chi connectivity index (χ4n) is 8.02. The van der Waals surface area contributed by atoms with Crippen molar-refractivity contribution in [3.8, 4) is 22.9 Å². The van der Waals surface area contributed by atoms with Gasteiger partial charge >= 0.3 is 12.1 Å². The predicted octanol–water partition coefficient (Wildman–Crippen LogP) is 9.20. The second kappa shape index (κ2) is 22.2. The molecule has 0 bridgehead atoms. The molecule has 1 aliphatic carbocycles. The predicted molar refractivity (Wildman–Crippen MR) is 257 cm³/mol. The minimum Gasteiger partial charge on any atom is -0.497 e. The summed E-state index contributed by atoms with van der Waals surface area (Å²) >= 11 is 2.54. The van der Waals surface area contributed by atoms with Gasteiger partial charge in [-0.05, 0) is 96.0 Å². The van der Waals surface area contributed by atoms with Crippen LogP contribution in [0.4, 0.5) is 15.6 Å². The summed E-state index contributed by atoms with van der Waals surface area (Å²) in [7, 11) is 1.59. The molecule has 18 heteroatoms. The SMILES string of the molecule is CC[C@@H]1C[C@]1(NC(=O)[C@@H]1C[C@@H](Oc2cc(-c3csc(NC(C)C)n3)nc3cc(OC)ccc23)CN1C(=O)OC(C)(C)C)C(=O)NSc1ccccc1NC(=O)CCCCCCCCC(=O)O. The van der Waals surface area contributed by atoms with Crippen LogP contribution in [0, 0.1) is 5.92 Å². The summed E-state index contributed by atoms with van der Waals surface area (Å²) in [6, 6.07) is 13.7. The van der Waals surface area contributed by atoms with E-state index in [4.69, 9.17) is 29.3 Å². The maximum atomic E-state index is 14.5. The molecule has 3 heterocycles. The van der Waals surface area contributed by atoms with E-state index in [1.807, 2.05) is 56.5 Å². The van der Waals surface area contributed by atoms with E-state index in [0.717, 1.165) is 42.8 Å². The molecule has 6 rings (SSSR count). The number of carboxylic acid groups (broad SMARTS) is 1. The number of aromatic nitrogens is 2. The summed E-state index contributed by atoms with van der Waals surface area (Å²) in [6.45, 7) is 11.4. The van der Waals surface area contributed by atoms with E-state index in [1.54, 1.807) is 46.1 Å². The fourth-order valence-corrected chi connectivity index (χ4v) is 9.63. The van der Waals surface area contributed by atoms with Crippen molar-refractivity contribution in [2.45, 2.75) is 146 Å². The minimum atomic E-state index is -1.21. The monoisotopic (exact) mass is 945 g/mol. The van der Waals surface area contributed by atoms with Gasteiger partial charge in [-0.2, -0.15) is 0 Å². The number of likely N-dealkylation sites (tertiary alicyclic amines) is 1. The molecule has 0 spiro atoms. The van der Waals surface area contributed by atoms with Gasteiger partial charge in [-0.25, -0.2) is 14.8 Å². The van der Waals surface area contributed by atoms with Crippen molar-refractivity contribution >= 4 is 74.8 Å². The first-order valence-electron chi connectivity index (χ1n) is 22.8. The van der Waals surface area contributed by atoms with Gasteiger partial charge in [0.2, 0.25) is 11.8 Å². The van der Waals surface area contributed by atoms with E-state index in [0.29, 0.717) is 76.5 Å². The van der Waals surface area contributed by atoms with E-state index in [1.165, 1.54) is 16.2 Å². The molecule has 0 radical (unpaired) electrons. The van der Waals surface area contributed by atoms with Crippen molar-refractivity contribution in [2.75, 3.05) is 24.3 Å². The Hall–Kier alpha value is -5.62. The number of amides is 4. The molecule has 2 aromatic carbocycles. The zero-order valence-corrected chi connectivity index (χ0v) is 40.5. The molecular formula is C48H63N7O9S2. The van der Waals surface area contributed by atoms with Crippen molar-refractivity contribution < 1.29 is 43.3 Å². The number of pyridine rings is 1. The number of nitrogens with zero attached hydrogens (tertiary/aromatic N) is 3. The molecule has 1 aliphatic heterocycles.